The third-order valence-corrected chi connectivity index (χ3v) is 2.56. The van der Waals surface area contributed by atoms with Gasteiger partial charge in [0.2, 0.25) is 0 Å². The van der Waals surface area contributed by atoms with Gasteiger partial charge in [-0.05, 0) is 18.2 Å². The van der Waals surface area contributed by atoms with E-state index in [2.05, 4.69) is 5.10 Å². The summed E-state index contributed by atoms with van der Waals surface area (Å²) in [6.45, 7) is 0.0322. The second kappa shape index (κ2) is 4.14. The Kier molecular flexibility index (Phi) is 2.81. The highest BCUT2D eigenvalue weighted by atomic mass is 19.2. The molecule has 2 aromatic rings. The molecule has 0 fully saturated rings. The molecule has 0 aliphatic carbocycles. The molecule has 4 nitrogen and oxygen atoms in total. The Balaban J connectivity index is 2.64. The molecule has 0 amide bonds. The lowest BCUT2D eigenvalue weighted by atomic mass is 10.1. The zero-order valence-corrected chi connectivity index (χ0v) is 9.13. The minimum absolute atomic E-state index is 0.0322. The fourth-order valence-corrected chi connectivity index (χ4v) is 1.68. The van der Waals surface area contributed by atoms with Crippen molar-refractivity contribution in [1.29, 1.82) is 0 Å². The topological polar surface area (TPSA) is 63.8 Å². The fraction of sp³-hybridized carbons (Fsp3) is 0.182. The normalized spacial score (nSPS) is 10.8. The number of hydrogen-bond acceptors (Lipinski definition) is 2. The van der Waals surface area contributed by atoms with E-state index in [1.807, 2.05) is 0 Å². The van der Waals surface area contributed by atoms with Crippen LogP contribution < -0.4 is 11.3 Å². The molecule has 0 aliphatic rings. The van der Waals surface area contributed by atoms with Crippen LogP contribution in [0.1, 0.15) is 5.56 Å². The Labute approximate surface area is 95.7 Å². The van der Waals surface area contributed by atoms with Crippen LogP contribution in [-0.4, -0.2) is 9.78 Å². The zero-order valence-electron chi connectivity index (χ0n) is 9.13. The Morgan fingerprint density at radius 1 is 1.35 bits per heavy atom. The van der Waals surface area contributed by atoms with Gasteiger partial charge in [-0.3, -0.25) is 14.6 Å². The number of nitrogens with zero attached hydrogens (tertiary/aromatic N) is 1. The van der Waals surface area contributed by atoms with Crippen molar-refractivity contribution in [1.82, 2.24) is 9.78 Å². The lowest BCUT2D eigenvalue weighted by molar-refractivity contribution is 0.509. The molecule has 1 aromatic carbocycles. The summed E-state index contributed by atoms with van der Waals surface area (Å²) >= 11 is 0. The number of aryl methyl sites for hydroxylation is 1. The summed E-state index contributed by atoms with van der Waals surface area (Å²) in [5, 5.41) is 2.76. The lowest BCUT2D eigenvalue weighted by Gasteiger charge is -2.01. The maximum absolute atomic E-state index is 13.1. The van der Waals surface area contributed by atoms with Gasteiger partial charge in [-0.15, -0.1) is 0 Å². The van der Waals surface area contributed by atoms with E-state index in [1.54, 1.807) is 0 Å². The monoisotopic (exact) mass is 239 g/mol. The van der Waals surface area contributed by atoms with Gasteiger partial charge in [0.05, 0.1) is 11.3 Å². The third-order valence-electron chi connectivity index (χ3n) is 2.56. The number of aromatic nitrogens is 2. The van der Waals surface area contributed by atoms with E-state index in [9.17, 15) is 13.6 Å². The molecule has 1 aromatic heterocycles. The van der Waals surface area contributed by atoms with E-state index in [-0.39, 0.29) is 12.1 Å². The summed E-state index contributed by atoms with van der Waals surface area (Å²) in [7, 11) is 1.53. The van der Waals surface area contributed by atoms with Crippen molar-refractivity contribution in [2.75, 3.05) is 0 Å². The van der Waals surface area contributed by atoms with Crippen molar-refractivity contribution in [2.24, 2.45) is 12.8 Å². The molecule has 2 rings (SSSR count). The first-order chi connectivity index (χ1) is 8.04. The second-order valence-corrected chi connectivity index (χ2v) is 3.66. The molecular formula is C11H11F2N3O. The molecule has 0 bridgehead atoms. The van der Waals surface area contributed by atoms with E-state index in [1.165, 1.54) is 17.8 Å². The van der Waals surface area contributed by atoms with Crippen LogP contribution in [0, 0.1) is 11.6 Å². The van der Waals surface area contributed by atoms with Crippen molar-refractivity contribution in [3.05, 3.63) is 45.8 Å². The van der Waals surface area contributed by atoms with Gasteiger partial charge >= 0.3 is 0 Å². The number of H-pyrrole nitrogens is 1. The third kappa shape index (κ3) is 1.87. The molecule has 90 valence electrons. The van der Waals surface area contributed by atoms with Gasteiger partial charge < -0.3 is 5.73 Å². The first-order valence-corrected chi connectivity index (χ1v) is 4.98. The van der Waals surface area contributed by atoms with E-state index in [0.717, 1.165) is 12.1 Å². The number of halogens is 2. The van der Waals surface area contributed by atoms with E-state index < -0.39 is 11.6 Å². The average molecular weight is 239 g/mol. The smallest absolute Gasteiger partial charge is 0.271 e. The van der Waals surface area contributed by atoms with Crippen LogP contribution in [0.4, 0.5) is 8.78 Å². The SMILES string of the molecule is Cn1[nH]c(-c2ccc(F)c(F)c2)c(CN)c1=O. The van der Waals surface area contributed by atoms with Crippen LogP contribution in [0.15, 0.2) is 23.0 Å². The van der Waals surface area contributed by atoms with Crippen LogP contribution in [0.3, 0.4) is 0 Å². The van der Waals surface area contributed by atoms with Crippen LogP contribution in [0.2, 0.25) is 0 Å². The standard InChI is InChI=1S/C11H11F2N3O/c1-16-11(17)7(5-14)10(15-16)6-2-3-8(12)9(13)4-6/h2-4,15H,5,14H2,1H3. The van der Waals surface area contributed by atoms with E-state index in [0.29, 0.717) is 16.8 Å². The van der Waals surface area contributed by atoms with Crippen LogP contribution in [0.5, 0.6) is 0 Å². The minimum atomic E-state index is -0.963. The molecule has 0 atom stereocenters. The number of benzene rings is 1. The summed E-state index contributed by atoms with van der Waals surface area (Å²) in [6.07, 6.45) is 0. The first-order valence-electron chi connectivity index (χ1n) is 4.98. The molecule has 0 unspecified atom stereocenters. The van der Waals surface area contributed by atoms with Gasteiger partial charge in [0, 0.05) is 19.2 Å². The van der Waals surface area contributed by atoms with Gasteiger partial charge in [-0.2, -0.15) is 0 Å². The molecule has 1 heterocycles. The van der Waals surface area contributed by atoms with Gasteiger partial charge in [0.1, 0.15) is 0 Å². The lowest BCUT2D eigenvalue weighted by Crippen LogP contribution is -2.17. The summed E-state index contributed by atoms with van der Waals surface area (Å²) in [4.78, 5) is 11.6. The number of hydrogen-bond donors (Lipinski definition) is 2. The van der Waals surface area contributed by atoms with Crippen molar-refractivity contribution in [3.63, 3.8) is 0 Å². The summed E-state index contributed by atoms with van der Waals surface area (Å²) < 4.78 is 27.2. The summed E-state index contributed by atoms with van der Waals surface area (Å²) in [5.74, 6) is -1.89. The largest absolute Gasteiger partial charge is 0.326 e. The van der Waals surface area contributed by atoms with Crippen molar-refractivity contribution in [2.45, 2.75) is 6.54 Å². The second-order valence-electron chi connectivity index (χ2n) is 3.66. The molecule has 0 spiro atoms. The molecular weight excluding hydrogens is 228 g/mol. The van der Waals surface area contributed by atoms with Crippen molar-refractivity contribution in [3.8, 4) is 11.3 Å². The van der Waals surface area contributed by atoms with Gasteiger partial charge in [-0.25, -0.2) is 8.78 Å². The molecule has 3 N–H and O–H groups in total. The van der Waals surface area contributed by atoms with Crippen molar-refractivity contribution >= 4 is 0 Å². The molecule has 0 radical (unpaired) electrons. The fourth-order valence-electron chi connectivity index (χ4n) is 1.68. The Morgan fingerprint density at radius 2 is 2.06 bits per heavy atom. The van der Waals surface area contributed by atoms with Gasteiger partial charge in [0.25, 0.3) is 5.56 Å². The first kappa shape index (κ1) is 11.5. The summed E-state index contributed by atoms with van der Waals surface area (Å²) in [5.41, 5.74) is 6.35. The average Bonchev–Trinajstić information content (AvgIpc) is 2.59. The van der Waals surface area contributed by atoms with Crippen molar-refractivity contribution < 1.29 is 8.78 Å². The van der Waals surface area contributed by atoms with Gasteiger partial charge in [0.15, 0.2) is 11.6 Å². The quantitative estimate of drug-likeness (QED) is 0.824. The number of nitrogens with one attached hydrogen (secondary N) is 1. The number of aromatic amines is 1. The number of rotatable bonds is 2. The summed E-state index contributed by atoms with van der Waals surface area (Å²) in [6, 6.07) is 3.43. The van der Waals surface area contributed by atoms with Crippen LogP contribution >= 0.6 is 0 Å². The highest BCUT2D eigenvalue weighted by Gasteiger charge is 2.14. The minimum Gasteiger partial charge on any atom is -0.326 e. The van der Waals surface area contributed by atoms with Crippen LogP contribution in [-0.2, 0) is 13.6 Å². The Morgan fingerprint density at radius 3 is 2.65 bits per heavy atom. The molecule has 0 saturated carbocycles. The molecule has 6 heteroatoms. The highest BCUT2D eigenvalue weighted by molar-refractivity contribution is 5.62. The number of nitrogens with two attached hydrogens (primary N) is 1. The molecule has 0 aliphatic heterocycles. The predicted molar refractivity (Wildman–Crippen MR) is 59.3 cm³/mol. The molecule has 17 heavy (non-hydrogen) atoms. The van der Waals surface area contributed by atoms with E-state index >= 15 is 0 Å². The maximum atomic E-state index is 13.1. The van der Waals surface area contributed by atoms with Crippen LogP contribution in [0.25, 0.3) is 11.3 Å². The molecule has 0 saturated heterocycles. The highest BCUT2D eigenvalue weighted by Crippen LogP contribution is 2.21. The Bertz CT molecular complexity index is 616. The van der Waals surface area contributed by atoms with Gasteiger partial charge in [-0.1, -0.05) is 0 Å². The Hall–Kier alpha value is -1.95. The maximum Gasteiger partial charge on any atom is 0.271 e. The van der Waals surface area contributed by atoms with E-state index in [4.69, 9.17) is 5.73 Å². The zero-order chi connectivity index (χ0) is 12.6. The predicted octanol–water partition coefficient (Wildman–Crippen LogP) is 1.12.